The Kier molecular flexibility index (Phi) is 13.6. The van der Waals surface area contributed by atoms with Gasteiger partial charge in [0.15, 0.2) is 0 Å². The van der Waals surface area contributed by atoms with Crippen molar-refractivity contribution in [3.8, 4) is 32.0 Å². The lowest BCUT2D eigenvalue weighted by molar-refractivity contribution is 0.397. The summed E-state index contributed by atoms with van der Waals surface area (Å²) >= 11 is 4.90. The van der Waals surface area contributed by atoms with Crippen LogP contribution in [-0.2, 0) is 5.41 Å². The molecular weight excluding hydrogens is 689 g/mol. The largest absolute Gasteiger partial charge is 0.172 e. The van der Waals surface area contributed by atoms with Crippen molar-refractivity contribution in [3.63, 3.8) is 0 Å². The number of hydrogen-bond donors (Lipinski definition) is 0. The van der Waals surface area contributed by atoms with Gasteiger partial charge in [-0.2, -0.15) is 8.75 Å². The highest BCUT2D eigenvalue weighted by molar-refractivity contribution is 7.16. The van der Waals surface area contributed by atoms with Crippen LogP contribution in [0.3, 0.4) is 0 Å². The molecule has 3 aromatic heterocycles. The maximum atomic E-state index is 4.54. The van der Waals surface area contributed by atoms with E-state index >= 15 is 0 Å². The van der Waals surface area contributed by atoms with Gasteiger partial charge in [-0.15, -0.1) is 22.7 Å². The average molecular weight is 747 g/mol. The van der Waals surface area contributed by atoms with Crippen LogP contribution < -0.4 is 0 Å². The molecule has 6 aromatic rings. The number of fused-ring (bicyclic) bond motifs is 4. The molecule has 274 valence electrons. The van der Waals surface area contributed by atoms with Gasteiger partial charge in [0.05, 0.1) is 11.7 Å². The molecule has 0 atom stereocenters. The van der Waals surface area contributed by atoms with Crippen LogP contribution in [0.2, 0.25) is 0 Å². The zero-order valence-corrected chi connectivity index (χ0v) is 34.9. The van der Waals surface area contributed by atoms with Crippen LogP contribution in [0.4, 0.5) is 0 Å². The normalized spacial score (nSPS) is 12.9. The van der Waals surface area contributed by atoms with Gasteiger partial charge in [0.2, 0.25) is 0 Å². The number of hydrogen-bond acceptors (Lipinski definition) is 5. The molecule has 7 rings (SSSR count). The third-order valence-corrected chi connectivity index (χ3v) is 13.6. The van der Waals surface area contributed by atoms with E-state index in [0.717, 1.165) is 11.0 Å². The number of aryl methyl sites for hydroxylation is 4. The van der Waals surface area contributed by atoms with E-state index in [1.807, 2.05) is 0 Å². The Labute approximate surface area is 326 Å². The first kappa shape index (κ1) is 38.6. The molecule has 0 N–H and O–H groups in total. The fourth-order valence-corrected chi connectivity index (χ4v) is 10.6. The highest BCUT2D eigenvalue weighted by Gasteiger charge is 2.42. The minimum atomic E-state index is 0.234. The highest BCUT2D eigenvalue weighted by atomic mass is 32.1. The Bertz CT molecular complexity index is 1900. The molecule has 0 spiro atoms. The van der Waals surface area contributed by atoms with Gasteiger partial charge in [-0.3, -0.25) is 0 Å². The number of rotatable bonds is 16. The molecule has 2 nitrogen and oxygen atoms in total. The van der Waals surface area contributed by atoms with Gasteiger partial charge in [0.25, 0.3) is 0 Å². The maximum Gasteiger partial charge on any atom is 0.114 e. The van der Waals surface area contributed by atoms with Crippen molar-refractivity contribution in [2.75, 3.05) is 0 Å². The second-order valence-electron chi connectivity index (χ2n) is 15.2. The summed E-state index contributed by atoms with van der Waals surface area (Å²) in [7, 11) is 0. The molecule has 0 aliphatic heterocycles. The number of unbranched alkanes of at least 4 members (excludes halogenated alkanes) is 10. The fourth-order valence-electron chi connectivity index (χ4n) is 8.22. The minimum absolute atomic E-state index is 0.234. The maximum absolute atomic E-state index is 4.54. The molecule has 1 aliphatic carbocycles. The molecule has 3 aromatic carbocycles. The lowest BCUT2D eigenvalue weighted by Crippen LogP contribution is -2.25. The molecule has 3 heterocycles. The van der Waals surface area contributed by atoms with E-state index < -0.39 is 0 Å². The van der Waals surface area contributed by atoms with E-state index in [-0.39, 0.29) is 5.41 Å². The first-order valence-corrected chi connectivity index (χ1v) is 22.3. The van der Waals surface area contributed by atoms with Crippen LogP contribution in [0, 0.1) is 27.7 Å². The summed E-state index contributed by atoms with van der Waals surface area (Å²) < 4.78 is 9.08. The number of benzene rings is 3. The second kappa shape index (κ2) is 18.3. The summed E-state index contributed by atoms with van der Waals surface area (Å²) in [6.45, 7) is 13.4. The Morgan fingerprint density at radius 2 is 0.865 bits per heavy atom. The zero-order chi connectivity index (χ0) is 36.5. The lowest BCUT2D eigenvalue weighted by Gasteiger charge is -2.33. The molecule has 0 saturated heterocycles. The van der Waals surface area contributed by atoms with E-state index in [0.29, 0.717) is 0 Å². The van der Waals surface area contributed by atoms with E-state index in [4.69, 9.17) is 0 Å². The van der Waals surface area contributed by atoms with Crippen LogP contribution in [0.15, 0.2) is 72.8 Å². The first-order valence-electron chi connectivity index (χ1n) is 20.0. The van der Waals surface area contributed by atoms with Crippen LogP contribution >= 0.6 is 34.4 Å². The van der Waals surface area contributed by atoms with Gasteiger partial charge in [-0.1, -0.05) is 151 Å². The zero-order valence-electron chi connectivity index (χ0n) is 32.4. The van der Waals surface area contributed by atoms with E-state index in [2.05, 4.69) is 123 Å². The minimum Gasteiger partial charge on any atom is -0.172 e. The van der Waals surface area contributed by atoms with Crippen LogP contribution in [-0.4, -0.2) is 8.75 Å². The summed E-state index contributed by atoms with van der Waals surface area (Å²) in [5, 5.41) is 0. The van der Waals surface area contributed by atoms with Gasteiger partial charge < -0.3 is 0 Å². The molecule has 52 heavy (non-hydrogen) atoms. The van der Waals surface area contributed by atoms with Crippen LogP contribution in [0.1, 0.15) is 136 Å². The van der Waals surface area contributed by atoms with E-state index in [1.54, 1.807) is 33.8 Å². The Hall–Kier alpha value is -3.12. The van der Waals surface area contributed by atoms with Crippen molar-refractivity contribution in [2.24, 2.45) is 0 Å². The molecule has 0 unspecified atom stereocenters. The van der Waals surface area contributed by atoms with Crippen molar-refractivity contribution >= 4 is 45.4 Å². The molecule has 1 aliphatic rings. The van der Waals surface area contributed by atoms with Crippen molar-refractivity contribution in [2.45, 2.75) is 137 Å². The smallest absolute Gasteiger partial charge is 0.114 e. The Morgan fingerprint density at radius 3 is 1.27 bits per heavy atom. The third-order valence-electron chi connectivity index (χ3n) is 11.0. The average Bonchev–Trinajstić information content (AvgIpc) is 3.95. The van der Waals surface area contributed by atoms with Gasteiger partial charge in [-0.25, -0.2) is 0 Å². The summed E-state index contributed by atoms with van der Waals surface area (Å²) in [6.07, 6.45) is 19.2. The lowest BCUT2D eigenvalue weighted by atomic mass is 9.70. The third kappa shape index (κ3) is 8.80. The quantitative estimate of drug-likeness (QED) is 0.0922. The molecule has 0 radical (unpaired) electrons. The summed E-state index contributed by atoms with van der Waals surface area (Å²) in [5.74, 6) is 0. The van der Waals surface area contributed by atoms with Crippen LogP contribution in [0.25, 0.3) is 43.0 Å². The molecule has 0 amide bonds. The Balaban J connectivity index is 0.000000191. The SMILES string of the molecule is CCCCCCCCC1(CCCCCCCC)c2cc(C)ccc2-c2ccc(C)cc21.Cc1ccc(-c2ccc(-c3ccc(C)s3)c3nsnc23)s1. The molecule has 0 bridgehead atoms. The molecule has 5 heteroatoms. The molecular formula is C47H58N2S3. The number of nitrogens with zero attached hydrogens (tertiary/aromatic N) is 2. The molecule has 0 saturated carbocycles. The second-order valence-corrected chi connectivity index (χ2v) is 18.3. The summed E-state index contributed by atoms with van der Waals surface area (Å²) in [4.78, 5) is 5.16. The predicted octanol–water partition coefficient (Wildman–Crippen LogP) is 15.8. The number of thiophene rings is 2. The Morgan fingerprint density at radius 1 is 0.462 bits per heavy atom. The van der Waals surface area contributed by atoms with Crippen molar-refractivity contribution in [1.82, 2.24) is 8.75 Å². The van der Waals surface area contributed by atoms with E-state index in [1.165, 1.54) is 155 Å². The predicted molar refractivity (Wildman–Crippen MR) is 232 cm³/mol. The monoisotopic (exact) mass is 746 g/mol. The summed E-state index contributed by atoms with van der Waals surface area (Å²) in [5.41, 5.74) is 13.8. The highest BCUT2D eigenvalue weighted by Crippen LogP contribution is 2.54. The van der Waals surface area contributed by atoms with Gasteiger partial charge in [0, 0.05) is 36.1 Å². The topological polar surface area (TPSA) is 25.8 Å². The first-order chi connectivity index (χ1) is 25.3. The van der Waals surface area contributed by atoms with Crippen molar-refractivity contribution < 1.29 is 0 Å². The number of aromatic nitrogens is 2. The summed E-state index contributed by atoms with van der Waals surface area (Å²) in [6, 6.07) is 27.5. The fraction of sp³-hybridized carbons (Fsp3) is 0.447. The van der Waals surface area contributed by atoms with Gasteiger partial charge in [0.1, 0.15) is 11.0 Å². The van der Waals surface area contributed by atoms with Crippen molar-refractivity contribution in [3.05, 3.63) is 105 Å². The standard InChI is InChI=1S/C31H46.C16H12N2S3/c1-5-7-9-11-13-15-21-31(22-16-14-12-10-8-6-2)29-23-25(3)17-19-27(29)28-20-18-26(4)24-30(28)31;1-9-3-7-13(19-9)11-5-6-12(14-8-4-10(2)20-14)16-15(11)17-21-18-16/h17-20,23-24H,5-16,21-22H2,1-4H3;3-8H,1-2H3. The van der Waals surface area contributed by atoms with Crippen LogP contribution in [0.5, 0.6) is 0 Å². The van der Waals surface area contributed by atoms with Crippen molar-refractivity contribution in [1.29, 1.82) is 0 Å². The van der Waals surface area contributed by atoms with Gasteiger partial charge in [-0.05, 0) is 87.1 Å². The van der Waals surface area contributed by atoms with E-state index in [9.17, 15) is 0 Å². The van der Waals surface area contributed by atoms with Gasteiger partial charge >= 0.3 is 0 Å². The molecule has 0 fully saturated rings.